The van der Waals surface area contributed by atoms with Gasteiger partial charge in [0.15, 0.2) is 0 Å². The van der Waals surface area contributed by atoms with Crippen LogP contribution in [0, 0.1) is 5.92 Å². The lowest BCUT2D eigenvalue weighted by atomic mass is 9.83. The second kappa shape index (κ2) is 3.54. The van der Waals surface area contributed by atoms with Crippen molar-refractivity contribution in [3.8, 4) is 0 Å². The Bertz CT molecular complexity index is 225. The van der Waals surface area contributed by atoms with Crippen molar-refractivity contribution in [2.24, 2.45) is 5.92 Å². The molecule has 0 spiro atoms. The molecule has 2 rings (SSSR count). The quantitative estimate of drug-likeness (QED) is 0.647. The lowest BCUT2D eigenvalue weighted by molar-refractivity contribution is -0.147. The number of rotatable bonds is 1. The highest BCUT2D eigenvalue weighted by molar-refractivity contribution is 5.80. The van der Waals surface area contributed by atoms with E-state index in [-0.39, 0.29) is 5.97 Å². The standard InChI is InChI=1S/C11H19NO2/c1-11(10(13)14-2)7-8-5-3-4-6-9(8)12-11/h8-9,12H,3-7H2,1-2H3. The summed E-state index contributed by atoms with van der Waals surface area (Å²) in [6, 6.07) is 0.549. The zero-order valence-electron chi connectivity index (χ0n) is 9.01. The molecule has 0 aromatic carbocycles. The topological polar surface area (TPSA) is 38.3 Å². The number of methoxy groups -OCH3 is 1. The van der Waals surface area contributed by atoms with Crippen LogP contribution in [-0.2, 0) is 9.53 Å². The van der Waals surface area contributed by atoms with Crippen LogP contribution in [0.5, 0.6) is 0 Å². The van der Waals surface area contributed by atoms with E-state index >= 15 is 0 Å². The summed E-state index contributed by atoms with van der Waals surface area (Å²) in [4.78, 5) is 11.6. The highest BCUT2D eigenvalue weighted by Crippen LogP contribution is 2.38. The maximum Gasteiger partial charge on any atom is 0.325 e. The third-order valence-electron chi connectivity index (χ3n) is 3.72. The first-order valence-corrected chi connectivity index (χ1v) is 5.52. The average Bonchev–Trinajstić information content (AvgIpc) is 2.54. The fourth-order valence-corrected chi connectivity index (χ4v) is 3.00. The lowest BCUT2D eigenvalue weighted by Gasteiger charge is -2.24. The molecule has 1 aliphatic carbocycles. The third kappa shape index (κ3) is 1.54. The van der Waals surface area contributed by atoms with Crippen LogP contribution in [0.25, 0.3) is 0 Å². The van der Waals surface area contributed by atoms with Crippen LogP contribution >= 0.6 is 0 Å². The van der Waals surface area contributed by atoms with Crippen LogP contribution in [0.2, 0.25) is 0 Å². The van der Waals surface area contributed by atoms with E-state index < -0.39 is 5.54 Å². The molecule has 0 radical (unpaired) electrons. The molecule has 3 atom stereocenters. The van der Waals surface area contributed by atoms with Crippen LogP contribution in [0.4, 0.5) is 0 Å². The van der Waals surface area contributed by atoms with Gasteiger partial charge in [0.25, 0.3) is 0 Å². The molecule has 3 unspecified atom stereocenters. The Morgan fingerprint density at radius 1 is 1.43 bits per heavy atom. The number of ether oxygens (including phenoxy) is 1. The van der Waals surface area contributed by atoms with Crippen molar-refractivity contribution in [2.75, 3.05) is 7.11 Å². The van der Waals surface area contributed by atoms with E-state index in [1.807, 2.05) is 6.92 Å². The normalized spacial score (nSPS) is 41.9. The van der Waals surface area contributed by atoms with Gasteiger partial charge in [0.05, 0.1) is 7.11 Å². The summed E-state index contributed by atoms with van der Waals surface area (Å²) in [6.07, 6.45) is 6.05. The highest BCUT2D eigenvalue weighted by Gasteiger charge is 2.47. The van der Waals surface area contributed by atoms with E-state index in [9.17, 15) is 4.79 Å². The molecule has 1 heterocycles. The Hall–Kier alpha value is -0.570. The summed E-state index contributed by atoms with van der Waals surface area (Å²) in [5.41, 5.74) is -0.422. The van der Waals surface area contributed by atoms with Crippen molar-refractivity contribution in [1.82, 2.24) is 5.32 Å². The SMILES string of the molecule is COC(=O)C1(C)CC2CCCCC2N1. The van der Waals surface area contributed by atoms with Gasteiger partial charge in [0.1, 0.15) is 5.54 Å². The zero-order valence-corrected chi connectivity index (χ0v) is 9.01. The first kappa shape index (κ1) is 9.97. The minimum atomic E-state index is -0.422. The van der Waals surface area contributed by atoms with Gasteiger partial charge in [-0.2, -0.15) is 0 Å². The molecule has 1 N–H and O–H groups in total. The van der Waals surface area contributed by atoms with Crippen LogP contribution in [0.3, 0.4) is 0 Å². The van der Waals surface area contributed by atoms with Crippen molar-refractivity contribution < 1.29 is 9.53 Å². The van der Waals surface area contributed by atoms with E-state index in [2.05, 4.69) is 5.32 Å². The molecular formula is C11H19NO2. The van der Waals surface area contributed by atoms with E-state index in [1.54, 1.807) is 0 Å². The molecule has 1 saturated carbocycles. The van der Waals surface area contributed by atoms with Gasteiger partial charge in [-0.15, -0.1) is 0 Å². The summed E-state index contributed by atoms with van der Waals surface area (Å²) in [5.74, 6) is 0.583. The van der Waals surface area contributed by atoms with Gasteiger partial charge in [-0.05, 0) is 32.1 Å². The molecule has 0 aromatic rings. The van der Waals surface area contributed by atoms with E-state index in [0.29, 0.717) is 12.0 Å². The number of carbonyl (C=O) groups is 1. The van der Waals surface area contributed by atoms with E-state index in [1.165, 1.54) is 32.8 Å². The molecule has 1 aliphatic heterocycles. The van der Waals surface area contributed by atoms with Gasteiger partial charge in [-0.25, -0.2) is 0 Å². The molecular weight excluding hydrogens is 178 g/mol. The third-order valence-corrected chi connectivity index (χ3v) is 3.72. The van der Waals surface area contributed by atoms with Crippen molar-refractivity contribution in [3.63, 3.8) is 0 Å². The molecule has 3 nitrogen and oxygen atoms in total. The highest BCUT2D eigenvalue weighted by atomic mass is 16.5. The van der Waals surface area contributed by atoms with Gasteiger partial charge in [0, 0.05) is 6.04 Å². The first-order chi connectivity index (χ1) is 6.65. The predicted octanol–water partition coefficient (Wildman–Crippen LogP) is 1.47. The molecule has 0 bridgehead atoms. The molecule has 0 amide bonds. The second-order valence-corrected chi connectivity index (χ2v) is 4.82. The number of carbonyl (C=O) groups excluding carboxylic acids is 1. The summed E-state index contributed by atoms with van der Waals surface area (Å²) in [5, 5.41) is 3.45. The van der Waals surface area contributed by atoms with Gasteiger partial charge >= 0.3 is 5.97 Å². The number of fused-ring (bicyclic) bond motifs is 1. The molecule has 1 saturated heterocycles. The van der Waals surface area contributed by atoms with Crippen LogP contribution in [-0.4, -0.2) is 24.7 Å². The Balaban J connectivity index is 2.07. The molecule has 3 heteroatoms. The van der Waals surface area contributed by atoms with Crippen molar-refractivity contribution in [1.29, 1.82) is 0 Å². The number of hydrogen-bond donors (Lipinski definition) is 1. The monoisotopic (exact) mass is 197 g/mol. The molecule has 14 heavy (non-hydrogen) atoms. The van der Waals surface area contributed by atoms with Crippen molar-refractivity contribution >= 4 is 5.97 Å². The summed E-state index contributed by atoms with van der Waals surface area (Å²) in [6.45, 7) is 1.97. The Morgan fingerprint density at radius 2 is 2.14 bits per heavy atom. The average molecular weight is 197 g/mol. The van der Waals surface area contributed by atoms with Crippen LogP contribution in [0.1, 0.15) is 39.0 Å². The molecule has 2 aliphatic rings. The zero-order chi connectivity index (χ0) is 10.2. The molecule has 0 aromatic heterocycles. The van der Waals surface area contributed by atoms with Gasteiger partial charge in [-0.1, -0.05) is 12.8 Å². The Labute approximate surface area is 85.2 Å². The van der Waals surface area contributed by atoms with Gasteiger partial charge in [-0.3, -0.25) is 10.1 Å². The number of hydrogen-bond acceptors (Lipinski definition) is 3. The number of nitrogens with one attached hydrogen (secondary N) is 1. The van der Waals surface area contributed by atoms with Crippen molar-refractivity contribution in [2.45, 2.75) is 50.6 Å². The summed E-state index contributed by atoms with van der Waals surface area (Å²) < 4.78 is 4.84. The minimum absolute atomic E-state index is 0.105. The van der Waals surface area contributed by atoms with Gasteiger partial charge < -0.3 is 4.74 Å². The minimum Gasteiger partial charge on any atom is -0.468 e. The van der Waals surface area contributed by atoms with Crippen LogP contribution in [0.15, 0.2) is 0 Å². The van der Waals surface area contributed by atoms with Crippen molar-refractivity contribution in [3.05, 3.63) is 0 Å². The summed E-state index contributed by atoms with van der Waals surface area (Å²) >= 11 is 0. The maximum absolute atomic E-state index is 11.6. The van der Waals surface area contributed by atoms with Gasteiger partial charge in [0.2, 0.25) is 0 Å². The first-order valence-electron chi connectivity index (χ1n) is 5.52. The largest absolute Gasteiger partial charge is 0.468 e. The smallest absolute Gasteiger partial charge is 0.325 e. The fraction of sp³-hybridized carbons (Fsp3) is 0.909. The molecule has 2 fully saturated rings. The number of esters is 1. The molecule has 80 valence electrons. The Morgan fingerprint density at radius 3 is 2.79 bits per heavy atom. The lowest BCUT2D eigenvalue weighted by Crippen LogP contribution is -2.48. The summed E-state index contributed by atoms with van der Waals surface area (Å²) in [7, 11) is 1.47. The predicted molar refractivity (Wildman–Crippen MR) is 53.9 cm³/mol. The van der Waals surface area contributed by atoms with E-state index in [4.69, 9.17) is 4.74 Å². The van der Waals surface area contributed by atoms with Crippen LogP contribution < -0.4 is 5.32 Å². The fourth-order valence-electron chi connectivity index (χ4n) is 3.00. The second-order valence-electron chi connectivity index (χ2n) is 4.82. The van der Waals surface area contributed by atoms with E-state index in [0.717, 1.165) is 6.42 Å². The maximum atomic E-state index is 11.6. The Kier molecular flexibility index (Phi) is 2.52.